The predicted molar refractivity (Wildman–Crippen MR) is 120 cm³/mol. The van der Waals surface area contributed by atoms with E-state index in [1.54, 1.807) is 25.7 Å². The second-order valence-electron chi connectivity index (χ2n) is 6.94. The Labute approximate surface area is 185 Å². The molecule has 166 valence electrons. The molecule has 1 aliphatic rings. The number of piperazine rings is 1. The molecule has 31 heavy (non-hydrogen) atoms. The summed E-state index contributed by atoms with van der Waals surface area (Å²) in [6, 6.07) is 9.74. The third-order valence-electron chi connectivity index (χ3n) is 5.00. The van der Waals surface area contributed by atoms with Gasteiger partial charge in [0, 0.05) is 31.9 Å². The van der Waals surface area contributed by atoms with Gasteiger partial charge in [0.05, 0.1) is 18.8 Å². The lowest BCUT2D eigenvalue weighted by Crippen LogP contribution is -2.50. The number of anilines is 2. The van der Waals surface area contributed by atoms with Gasteiger partial charge in [0.1, 0.15) is 9.88 Å². The normalized spacial score (nSPS) is 13.6. The highest BCUT2D eigenvalue weighted by Crippen LogP contribution is 2.34. The molecule has 0 aliphatic carbocycles. The predicted octanol–water partition coefficient (Wildman–Crippen LogP) is 3.76. The molecule has 1 saturated heterocycles. The van der Waals surface area contributed by atoms with Gasteiger partial charge in [-0.2, -0.15) is 0 Å². The number of rotatable bonds is 6. The van der Waals surface area contributed by atoms with E-state index in [-0.39, 0.29) is 29.7 Å². The Morgan fingerprint density at radius 2 is 1.58 bits per heavy atom. The van der Waals surface area contributed by atoms with Crippen molar-refractivity contribution in [1.82, 2.24) is 4.90 Å². The summed E-state index contributed by atoms with van der Waals surface area (Å²) < 4.78 is 10.2. The molecule has 0 saturated carbocycles. The number of amides is 2. The van der Waals surface area contributed by atoms with Gasteiger partial charge in [0.15, 0.2) is 0 Å². The van der Waals surface area contributed by atoms with E-state index < -0.39 is 11.9 Å². The summed E-state index contributed by atoms with van der Waals surface area (Å²) in [6.07, 6.45) is 0. The van der Waals surface area contributed by atoms with Crippen LogP contribution in [0.4, 0.5) is 15.5 Å². The quantitative estimate of drug-likeness (QED) is 0.681. The molecule has 2 heterocycles. The number of hydrogen-bond acceptors (Lipinski definition) is 7. The van der Waals surface area contributed by atoms with Crippen molar-refractivity contribution < 1.29 is 23.9 Å². The van der Waals surface area contributed by atoms with Gasteiger partial charge in [0.25, 0.3) is 0 Å². The molecule has 0 bridgehead atoms. The largest absolute Gasteiger partial charge is 0.462 e. The first-order chi connectivity index (χ1) is 15.0. The lowest BCUT2D eigenvalue weighted by molar-refractivity contribution is 0.0527. The van der Waals surface area contributed by atoms with Crippen molar-refractivity contribution in [3.63, 3.8) is 0 Å². The van der Waals surface area contributed by atoms with Crippen molar-refractivity contribution in [1.29, 1.82) is 0 Å². The molecular formula is C22H27N3O5S. The monoisotopic (exact) mass is 445 g/mol. The molecule has 0 radical (unpaired) electrons. The number of urea groups is 1. The topological polar surface area (TPSA) is 88.2 Å². The fourth-order valence-electron chi connectivity index (χ4n) is 3.42. The van der Waals surface area contributed by atoms with Crippen molar-refractivity contribution in [2.45, 2.75) is 20.8 Å². The second kappa shape index (κ2) is 10.3. The fraction of sp³-hybridized carbons (Fsp3) is 0.409. The molecule has 1 fully saturated rings. The van der Waals surface area contributed by atoms with E-state index in [0.29, 0.717) is 36.7 Å². The Morgan fingerprint density at radius 1 is 0.968 bits per heavy atom. The summed E-state index contributed by atoms with van der Waals surface area (Å²) in [5.41, 5.74) is 1.78. The van der Waals surface area contributed by atoms with Gasteiger partial charge in [-0.15, -0.1) is 11.3 Å². The van der Waals surface area contributed by atoms with Crippen LogP contribution in [-0.2, 0) is 9.47 Å². The molecule has 1 aromatic heterocycles. The zero-order valence-electron chi connectivity index (χ0n) is 18.0. The van der Waals surface area contributed by atoms with Crippen LogP contribution < -0.4 is 10.2 Å². The standard InChI is InChI=1S/C22H27N3O5S/c1-4-29-20(26)17-15(3)18(21(27)30-5-2)31-19(17)23-22(28)25-13-11-24(12-14-25)16-9-7-6-8-10-16/h6-10H,4-5,11-14H2,1-3H3,(H,23,28). The highest BCUT2D eigenvalue weighted by atomic mass is 32.1. The van der Waals surface area contributed by atoms with Crippen LogP contribution >= 0.6 is 11.3 Å². The van der Waals surface area contributed by atoms with Crippen LogP contribution in [0.1, 0.15) is 39.4 Å². The molecule has 1 N–H and O–H groups in total. The van der Waals surface area contributed by atoms with E-state index in [1.165, 1.54) is 0 Å². The number of hydrogen-bond donors (Lipinski definition) is 1. The Morgan fingerprint density at radius 3 is 2.19 bits per heavy atom. The van der Waals surface area contributed by atoms with Gasteiger partial charge in [-0.1, -0.05) is 18.2 Å². The van der Waals surface area contributed by atoms with Gasteiger partial charge in [0.2, 0.25) is 0 Å². The minimum absolute atomic E-state index is 0.192. The van der Waals surface area contributed by atoms with Crippen LogP contribution in [0.2, 0.25) is 0 Å². The molecule has 8 nitrogen and oxygen atoms in total. The Bertz CT molecular complexity index is 936. The molecule has 0 atom stereocenters. The minimum atomic E-state index is -0.573. The third-order valence-corrected chi connectivity index (χ3v) is 6.18. The number of nitrogens with one attached hydrogen (secondary N) is 1. The zero-order valence-corrected chi connectivity index (χ0v) is 18.8. The maximum Gasteiger partial charge on any atom is 0.348 e. The highest BCUT2D eigenvalue weighted by Gasteiger charge is 2.29. The van der Waals surface area contributed by atoms with E-state index >= 15 is 0 Å². The van der Waals surface area contributed by atoms with Gasteiger partial charge in [-0.3, -0.25) is 5.32 Å². The van der Waals surface area contributed by atoms with Gasteiger partial charge in [-0.25, -0.2) is 14.4 Å². The number of para-hydroxylation sites is 1. The first kappa shape index (κ1) is 22.6. The minimum Gasteiger partial charge on any atom is -0.462 e. The van der Waals surface area contributed by atoms with E-state index in [1.807, 2.05) is 30.3 Å². The van der Waals surface area contributed by atoms with E-state index in [4.69, 9.17) is 9.47 Å². The fourth-order valence-corrected chi connectivity index (χ4v) is 4.50. The molecular weight excluding hydrogens is 418 g/mol. The van der Waals surface area contributed by atoms with Crippen LogP contribution in [0.3, 0.4) is 0 Å². The van der Waals surface area contributed by atoms with Crippen molar-refractivity contribution in [3.8, 4) is 0 Å². The molecule has 1 aliphatic heterocycles. The second-order valence-corrected chi connectivity index (χ2v) is 7.96. The summed E-state index contributed by atoms with van der Waals surface area (Å²) in [5, 5.41) is 3.11. The van der Waals surface area contributed by atoms with Gasteiger partial charge >= 0.3 is 18.0 Å². The molecule has 1 aromatic carbocycles. The zero-order chi connectivity index (χ0) is 22.4. The number of nitrogens with zero attached hydrogens (tertiary/aromatic N) is 2. The maximum atomic E-state index is 12.9. The number of carbonyl (C=O) groups excluding carboxylic acids is 3. The van der Waals surface area contributed by atoms with Crippen molar-refractivity contribution >= 4 is 40.0 Å². The van der Waals surface area contributed by atoms with E-state index in [0.717, 1.165) is 17.0 Å². The van der Waals surface area contributed by atoms with E-state index in [9.17, 15) is 14.4 Å². The van der Waals surface area contributed by atoms with Crippen LogP contribution in [0.15, 0.2) is 30.3 Å². The van der Waals surface area contributed by atoms with Crippen LogP contribution in [0.25, 0.3) is 0 Å². The molecule has 9 heteroatoms. The molecule has 2 aromatic rings. The van der Waals surface area contributed by atoms with E-state index in [2.05, 4.69) is 10.2 Å². The van der Waals surface area contributed by atoms with Crippen molar-refractivity contribution in [2.24, 2.45) is 0 Å². The summed E-state index contributed by atoms with van der Waals surface area (Å²) in [5.74, 6) is -1.09. The summed E-state index contributed by atoms with van der Waals surface area (Å²) >= 11 is 1.03. The maximum absolute atomic E-state index is 12.9. The third kappa shape index (κ3) is 5.16. The lowest BCUT2D eigenvalue weighted by Gasteiger charge is -2.36. The molecule has 0 spiro atoms. The first-order valence-corrected chi connectivity index (χ1v) is 11.1. The molecule has 0 unspecified atom stereocenters. The number of benzene rings is 1. The number of thiophene rings is 1. The van der Waals surface area contributed by atoms with Crippen molar-refractivity contribution in [3.05, 3.63) is 46.3 Å². The number of esters is 2. The summed E-state index contributed by atoms with van der Waals surface area (Å²) in [7, 11) is 0. The van der Waals surface area contributed by atoms with Crippen LogP contribution in [0, 0.1) is 6.92 Å². The number of carbonyl (C=O) groups is 3. The van der Waals surface area contributed by atoms with Crippen LogP contribution in [0.5, 0.6) is 0 Å². The first-order valence-electron chi connectivity index (χ1n) is 10.3. The van der Waals surface area contributed by atoms with Gasteiger partial charge < -0.3 is 19.3 Å². The lowest BCUT2D eigenvalue weighted by atomic mass is 10.1. The SMILES string of the molecule is CCOC(=O)c1sc(NC(=O)N2CCN(c3ccccc3)CC2)c(C(=O)OCC)c1C. The van der Waals surface area contributed by atoms with Crippen molar-refractivity contribution in [2.75, 3.05) is 49.6 Å². The number of ether oxygens (including phenoxy) is 2. The van der Waals surface area contributed by atoms with Gasteiger partial charge in [-0.05, 0) is 38.5 Å². The average Bonchev–Trinajstić information content (AvgIpc) is 3.10. The molecule has 3 rings (SSSR count). The summed E-state index contributed by atoms with van der Waals surface area (Å²) in [6.45, 7) is 8.00. The molecule has 2 amide bonds. The smallest absolute Gasteiger partial charge is 0.348 e. The highest BCUT2D eigenvalue weighted by molar-refractivity contribution is 7.18. The Kier molecular flexibility index (Phi) is 7.51. The summed E-state index contributed by atoms with van der Waals surface area (Å²) in [4.78, 5) is 41.9. The Balaban J connectivity index is 1.73. The van der Waals surface area contributed by atoms with Crippen LogP contribution in [-0.4, -0.2) is 62.3 Å². The average molecular weight is 446 g/mol. The Hall–Kier alpha value is -3.07.